The highest BCUT2D eigenvalue weighted by molar-refractivity contribution is 5.94. The zero-order chi connectivity index (χ0) is 23.2. The van der Waals surface area contributed by atoms with Crippen LogP contribution in [0.3, 0.4) is 0 Å². The maximum Gasteiger partial charge on any atom is 0.326 e. The van der Waals surface area contributed by atoms with Gasteiger partial charge in [-0.15, -0.1) is 0 Å². The number of primary amides is 1. The molecule has 0 saturated heterocycles. The molecule has 1 aromatic rings. The summed E-state index contributed by atoms with van der Waals surface area (Å²) < 4.78 is 0. The minimum absolute atomic E-state index is 0.00819. The van der Waals surface area contributed by atoms with E-state index in [0.29, 0.717) is 43.5 Å². The van der Waals surface area contributed by atoms with Crippen molar-refractivity contribution in [3.63, 3.8) is 0 Å². The number of aliphatic carboxylic acids is 1. The van der Waals surface area contributed by atoms with E-state index in [0.717, 1.165) is 0 Å². The number of amides is 4. The van der Waals surface area contributed by atoms with Crippen molar-refractivity contribution in [2.24, 2.45) is 5.73 Å². The van der Waals surface area contributed by atoms with Crippen molar-refractivity contribution in [2.75, 3.05) is 12.3 Å². The zero-order valence-corrected chi connectivity index (χ0v) is 17.1. The second kappa shape index (κ2) is 13.6. The lowest BCUT2D eigenvalue weighted by Crippen LogP contribution is -2.44. The van der Waals surface area contributed by atoms with Crippen molar-refractivity contribution >= 4 is 35.8 Å². The molecule has 0 bridgehead atoms. The number of carboxylic acids is 1. The monoisotopic (exact) mass is 435 g/mol. The summed E-state index contributed by atoms with van der Waals surface area (Å²) in [5, 5.41) is 16.4. The van der Waals surface area contributed by atoms with E-state index in [2.05, 4.69) is 16.0 Å². The molecule has 11 nitrogen and oxygen atoms in total. The Labute approximate surface area is 179 Å². The fraction of sp³-hybridized carbons (Fsp3) is 0.450. The molecule has 1 aromatic carbocycles. The molecule has 0 fully saturated rings. The highest BCUT2D eigenvalue weighted by Crippen LogP contribution is 2.06. The van der Waals surface area contributed by atoms with Gasteiger partial charge in [0.2, 0.25) is 18.2 Å². The number of carboxylic acid groups (broad SMARTS) is 1. The molecule has 0 heterocycles. The van der Waals surface area contributed by atoms with Crippen LogP contribution in [-0.2, 0) is 19.2 Å². The average molecular weight is 435 g/mol. The first-order valence-electron chi connectivity index (χ1n) is 9.89. The van der Waals surface area contributed by atoms with Crippen LogP contribution in [0.2, 0.25) is 0 Å². The molecular weight excluding hydrogens is 406 g/mol. The summed E-state index contributed by atoms with van der Waals surface area (Å²) in [6.07, 6.45) is 2.01. The zero-order valence-electron chi connectivity index (χ0n) is 17.1. The maximum atomic E-state index is 12.0. The first-order chi connectivity index (χ1) is 14.7. The van der Waals surface area contributed by atoms with Crippen LogP contribution in [0.4, 0.5) is 5.69 Å². The van der Waals surface area contributed by atoms with Crippen LogP contribution in [0.5, 0.6) is 0 Å². The highest BCUT2D eigenvalue weighted by Gasteiger charge is 2.19. The van der Waals surface area contributed by atoms with E-state index in [9.17, 15) is 24.0 Å². The number of carbonyl (C=O) groups excluding carboxylic acids is 4. The van der Waals surface area contributed by atoms with Gasteiger partial charge in [0.25, 0.3) is 5.91 Å². The van der Waals surface area contributed by atoms with Crippen LogP contribution in [0, 0.1) is 0 Å². The van der Waals surface area contributed by atoms with E-state index in [-0.39, 0.29) is 25.2 Å². The third-order valence-electron chi connectivity index (χ3n) is 4.52. The van der Waals surface area contributed by atoms with Crippen LogP contribution in [0.25, 0.3) is 0 Å². The van der Waals surface area contributed by atoms with Crippen LogP contribution in [-0.4, -0.2) is 53.8 Å². The van der Waals surface area contributed by atoms with Gasteiger partial charge in [-0.05, 0) is 56.4 Å². The Kier molecular flexibility index (Phi) is 11.1. The Hall–Kier alpha value is -3.63. The Morgan fingerprint density at radius 3 is 2.23 bits per heavy atom. The molecule has 11 heteroatoms. The Balaban J connectivity index is 2.30. The van der Waals surface area contributed by atoms with Gasteiger partial charge < -0.3 is 32.5 Å². The lowest BCUT2D eigenvalue weighted by atomic mass is 10.1. The summed E-state index contributed by atoms with van der Waals surface area (Å²) >= 11 is 0. The second-order valence-electron chi connectivity index (χ2n) is 6.96. The lowest BCUT2D eigenvalue weighted by molar-refractivity contribution is -0.140. The second-order valence-corrected chi connectivity index (χ2v) is 6.96. The van der Waals surface area contributed by atoms with E-state index in [1.54, 1.807) is 24.3 Å². The summed E-state index contributed by atoms with van der Waals surface area (Å²) in [6.45, 7) is 0.392. The first-order valence-corrected chi connectivity index (χ1v) is 9.89. The normalized spacial score (nSPS) is 12.3. The molecule has 170 valence electrons. The lowest BCUT2D eigenvalue weighted by Gasteiger charge is -2.16. The standard InChI is InChI=1S/C20H29N5O6/c21-14-9-7-13(8-10-14)19(29)23-11-2-1-4-15(18(22)28)25-17(27)6-3-5-16(20(30)31)24-12-26/h7-10,12,15-16H,1-6,11,21H2,(H2,22,28)(H,23,29)(H,24,26)(H,25,27)(H,30,31). The van der Waals surface area contributed by atoms with Gasteiger partial charge in [0.15, 0.2) is 0 Å². The van der Waals surface area contributed by atoms with Crippen molar-refractivity contribution in [1.29, 1.82) is 0 Å². The fourth-order valence-corrected chi connectivity index (χ4v) is 2.79. The van der Waals surface area contributed by atoms with Crippen LogP contribution >= 0.6 is 0 Å². The van der Waals surface area contributed by atoms with Gasteiger partial charge in [-0.1, -0.05) is 0 Å². The number of carbonyl (C=O) groups is 5. The highest BCUT2D eigenvalue weighted by atomic mass is 16.4. The molecule has 0 radical (unpaired) electrons. The van der Waals surface area contributed by atoms with Gasteiger partial charge in [0.1, 0.15) is 12.1 Å². The topological polar surface area (TPSA) is 194 Å². The van der Waals surface area contributed by atoms with Crippen molar-refractivity contribution < 1.29 is 29.1 Å². The summed E-state index contributed by atoms with van der Waals surface area (Å²) in [5.74, 6) is -2.53. The van der Waals surface area contributed by atoms with E-state index in [1.165, 1.54) is 0 Å². The van der Waals surface area contributed by atoms with Gasteiger partial charge >= 0.3 is 5.97 Å². The van der Waals surface area contributed by atoms with Gasteiger partial charge in [-0.3, -0.25) is 19.2 Å². The SMILES string of the molecule is NC(=O)C(CCCCNC(=O)c1ccc(N)cc1)NC(=O)CCCC(NC=O)C(=O)O. The fourth-order valence-electron chi connectivity index (χ4n) is 2.79. The van der Waals surface area contributed by atoms with E-state index < -0.39 is 29.9 Å². The molecule has 0 aliphatic rings. The van der Waals surface area contributed by atoms with E-state index in [1.807, 2.05) is 0 Å². The largest absolute Gasteiger partial charge is 0.480 e. The predicted molar refractivity (Wildman–Crippen MR) is 113 cm³/mol. The van der Waals surface area contributed by atoms with Crippen molar-refractivity contribution in [3.05, 3.63) is 29.8 Å². The molecule has 2 unspecified atom stereocenters. The van der Waals surface area contributed by atoms with Gasteiger partial charge in [-0.25, -0.2) is 4.79 Å². The van der Waals surface area contributed by atoms with Crippen molar-refractivity contribution in [3.8, 4) is 0 Å². The quantitative estimate of drug-likeness (QED) is 0.121. The molecule has 2 atom stereocenters. The molecule has 0 spiro atoms. The van der Waals surface area contributed by atoms with Crippen LogP contribution in [0.15, 0.2) is 24.3 Å². The summed E-state index contributed by atoms with van der Waals surface area (Å²) in [6, 6.07) is 4.59. The summed E-state index contributed by atoms with van der Waals surface area (Å²) in [4.78, 5) is 56.9. The molecular formula is C20H29N5O6. The molecule has 31 heavy (non-hydrogen) atoms. The first kappa shape index (κ1) is 25.4. The number of benzene rings is 1. The third kappa shape index (κ3) is 10.1. The minimum atomic E-state index is -1.19. The number of nitrogen functional groups attached to an aromatic ring is 1. The number of hydrogen-bond donors (Lipinski definition) is 6. The van der Waals surface area contributed by atoms with Gasteiger partial charge in [0, 0.05) is 24.2 Å². The number of unbranched alkanes of at least 4 members (excludes halogenated alkanes) is 1. The summed E-state index contributed by atoms with van der Waals surface area (Å²) in [7, 11) is 0. The van der Waals surface area contributed by atoms with E-state index in [4.69, 9.17) is 16.6 Å². The number of anilines is 1. The Morgan fingerprint density at radius 2 is 1.65 bits per heavy atom. The molecule has 0 saturated carbocycles. The number of rotatable bonds is 15. The molecule has 0 aliphatic carbocycles. The van der Waals surface area contributed by atoms with Gasteiger partial charge in [0.05, 0.1) is 0 Å². The number of hydrogen-bond acceptors (Lipinski definition) is 6. The maximum absolute atomic E-state index is 12.0. The smallest absolute Gasteiger partial charge is 0.326 e. The minimum Gasteiger partial charge on any atom is -0.480 e. The number of nitrogens with one attached hydrogen (secondary N) is 3. The van der Waals surface area contributed by atoms with Crippen LogP contribution < -0.4 is 27.4 Å². The van der Waals surface area contributed by atoms with Gasteiger partial charge in [-0.2, -0.15) is 0 Å². The molecule has 4 amide bonds. The Morgan fingerprint density at radius 1 is 1.00 bits per heavy atom. The van der Waals surface area contributed by atoms with Crippen molar-refractivity contribution in [1.82, 2.24) is 16.0 Å². The van der Waals surface area contributed by atoms with Crippen molar-refractivity contribution in [2.45, 2.75) is 50.6 Å². The number of nitrogens with two attached hydrogens (primary N) is 2. The third-order valence-corrected chi connectivity index (χ3v) is 4.52. The molecule has 1 rings (SSSR count). The van der Waals surface area contributed by atoms with Crippen LogP contribution in [0.1, 0.15) is 48.9 Å². The predicted octanol–water partition coefficient (Wildman–Crippen LogP) is -0.491. The average Bonchev–Trinajstić information content (AvgIpc) is 2.72. The Bertz CT molecular complexity index is 768. The molecule has 0 aliphatic heterocycles. The van der Waals surface area contributed by atoms with E-state index >= 15 is 0 Å². The molecule has 8 N–H and O–H groups in total. The summed E-state index contributed by atoms with van der Waals surface area (Å²) in [5.41, 5.74) is 12.0. The molecule has 0 aromatic heterocycles.